The van der Waals surface area contributed by atoms with Crippen molar-refractivity contribution in [2.24, 2.45) is 5.92 Å². The van der Waals surface area contributed by atoms with E-state index in [9.17, 15) is 4.79 Å². The lowest BCUT2D eigenvalue weighted by atomic mass is 9.97. The third-order valence-corrected chi connectivity index (χ3v) is 5.32. The van der Waals surface area contributed by atoms with Crippen molar-refractivity contribution in [1.29, 1.82) is 0 Å². The summed E-state index contributed by atoms with van der Waals surface area (Å²) in [7, 11) is 1.65. The molecule has 1 saturated heterocycles. The molecule has 4 rings (SSSR count). The monoisotopic (exact) mass is 403 g/mol. The van der Waals surface area contributed by atoms with Crippen LogP contribution in [0.15, 0.2) is 55.0 Å². The second-order valence-corrected chi connectivity index (χ2v) is 7.48. The Morgan fingerprint density at radius 1 is 1.13 bits per heavy atom. The van der Waals surface area contributed by atoms with Crippen molar-refractivity contribution in [3.63, 3.8) is 0 Å². The van der Waals surface area contributed by atoms with Gasteiger partial charge in [0.05, 0.1) is 18.7 Å². The molecule has 1 fully saturated rings. The molecule has 154 valence electrons. The molecule has 1 amide bonds. The van der Waals surface area contributed by atoms with Crippen LogP contribution in [0.25, 0.3) is 11.3 Å². The fraction of sp³-hybridized carbons (Fsp3) is 0.304. The van der Waals surface area contributed by atoms with Crippen LogP contribution < -0.4 is 15.0 Å². The molecule has 1 aromatic carbocycles. The van der Waals surface area contributed by atoms with Gasteiger partial charge >= 0.3 is 0 Å². The van der Waals surface area contributed by atoms with E-state index < -0.39 is 0 Å². The Morgan fingerprint density at radius 3 is 2.73 bits per heavy atom. The molecule has 7 nitrogen and oxygen atoms in total. The van der Waals surface area contributed by atoms with Crippen LogP contribution in [0.1, 0.15) is 18.4 Å². The van der Waals surface area contributed by atoms with Crippen molar-refractivity contribution in [2.45, 2.75) is 19.8 Å². The van der Waals surface area contributed by atoms with Crippen molar-refractivity contribution >= 4 is 17.5 Å². The number of anilines is 2. The van der Waals surface area contributed by atoms with Gasteiger partial charge in [0.2, 0.25) is 5.91 Å². The molecule has 0 aliphatic carbocycles. The molecule has 1 aliphatic rings. The van der Waals surface area contributed by atoms with Gasteiger partial charge in [0, 0.05) is 30.9 Å². The van der Waals surface area contributed by atoms with E-state index in [1.807, 2.05) is 49.4 Å². The molecule has 0 saturated carbocycles. The molecular weight excluding hydrogens is 378 g/mol. The zero-order chi connectivity index (χ0) is 20.9. The lowest BCUT2D eigenvalue weighted by molar-refractivity contribution is -0.120. The highest BCUT2D eigenvalue weighted by molar-refractivity contribution is 5.92. The third kappa shape index (κ3) is 4.56. The Hall–Kier alpha value is -3.48. The topological polar surface area (TPSA) is 80.2 Å². The van der Waals surface area contributed by atoms with Gasteiger partial charge in [0.25, 0.3) is 0 Å². The summed E-state index contributed by atoms with van der Waals surface area (Å²) < 4.78 is 5.22. The number of ether oxygens (including phenoxy) is 1. The highest BCUT2D eigenvalue weighted by Crippen LogP contribution is 2.26. The Morgan fingerprint density at radius 2 is 1.97 bits per heavy atom. The van der Waals surface area contributed by atoms with Crippen molar-refractivity contribution in [3.8, 4) is 17.0 Å². The van der Waals surface area contributed by atoms with Crippen LogP contribution in [0.5, 0.6) is 5.75 Å². The maximum Gasteiger partial charge on any atom is 0.230 e. The van der Waals surface area contributed by atoms with Crippen LogP contribution in [-0.4, -0.2) is 41.1 Å². The molecule has 30 heavy (non-hydrogen) atoms. The number of nitrogens with one attached hydrogen (secondary N) is 1. The number of benzene rings is 1. The molecule has 1 unspecified atom stereocenters. The molecule has 3 heterocycles. The Kier molecular flexibility index (Phi) is 5.88. The standard InChI is InChI=1S/C23H25N5O2/c1-16-9-10-24-21(12-16)27-23(29)18-4-3-11-28(14-18)22-13-20(25-15-26-22)17-5-7-19(30-2)8-6-17/h5-10,12-13,15,18H,3-4,11,14H2,1-2H3,(H,24,27,29). The van der Waals surface area contributed by atoms with E-state index in [-0.39, 0.29) is 11.8 Å². The second-order valence-electron chi connectivity index (χ2n) is 7.48. The number of carbonyl (C=O) groups is 1. The predicted molar refractivity (Wildman–Crippen MR) is 117 cm³/mol. The van der Waals surface area contributed by atoms with Crippen LogP contribution in [0.4, 0.5) is 11.6 Å². The van der Waals surface area contributed by atoms with Crippen LogP contribution in [-0.2, 0) is 4.79 Å². The van der Waals surface area contributed by atoms with E-state index >= 15 is 0 Å². The number of hydrogen-bond acceptors (Lipinski definition) is 6. The quantitative estimate of drug-likeness (QED) is 0.700. The number of aromatic nitrogens is 3. The van der Waals surface area contributed by atoms with Crippen molar-refractivity contribution in [1.82, 2.24) is 15.0 Å². The molecule has 3 aromatic rings. The summed E-state index contributed by atoms with van der Waals surface area (Å²) in [4.78, 5) is 28.0. The van der Waals surface area contributed by atoms with E-state index in [4.69, 9.17) is 4.74 Å². The number of carbonyl (C=O) groups excluding carboxylic acids is 1. The first-order chi connectivity index (χ1) is 14.6. The van der Waals surface area contributed by atoms with Crippen molar-refractivity contribution in [3.05, 3.63) is 60.6 Å². The number of hydrogen-bond donors (Lipinski definition) is 1. The Labute approximate surface area is 176 Å². The summed E-state index contributed by atoms with van der Waals surface area (Å²) in [5, 5.41) is 2.95. The van der Waals surface area contributed by atoms with Crippen molar-refractivity contribution < 1.29 is 9.53 Å². The van der Waals surface area contributed by atoms with Crippen LogP contribution in [0.2, 0.25) is 0 Å². The lowest BCUT2D eigenvalue weighted by Gasteiger charge is -2.32. The molecule has 0 bridgehead atoms. The minimum Gasteiger partial charge on any atom is -0.497 e. The molecule has 2 aromatic heterocycles. The molecule has 1 N–H and O–H groups in total. The molecule has 7 heteroatoms. The van der Waals surface area contributed by atoms with Gasteiger partial charge in [-0.25, -0.2) is 15.0 Å². The van der Waals surface area contributed by atoms with E-state index in [0.29, 0.717) is 12.4 Å². The average Bonchev–Trinajstić information content (AvgIpc) is 2.79. The van der Waals surface area contributed by atoms with Gasteiger partial charge in [-0.3, -0.25) is 4.79 Å². The molecule has 0 radical (unpaired) electrons. The minimum absolute atomic E-state index is 0.00207. The van der Waals surface area contributed by atoms with Gasteiger partial charge in [0.1, 0.15) is 23.7 Å². The second kappa shape index (κ2) is 8.90. The van der Waals surface area contributed by atoms with Gasteiger partial charge in [0.15, 0.2) is 0 Å². The zero-order valence-corrected chi connectivity index (χ0v) is 17.2. The normalized spacial score (nSPS) is 16.2. The predicted octanol–water partition coefficient (Wildman–Crippen LogP) is 3.71. The number of amides is 1. The highest BCUT2D eigenvalue weighted by atomic mass is 16.5. The molecule has 0 spiro atoms. The first kappa shape index (κ1) is 19.8. The summed E-state index contributed by atoms with van der Waals surface area (Å²) in [6.07, 6.45) is 5.07. The number of nitrogens with zero attached hydrogens (tertiary/aromatic N) is 4. The summed E-state index contributed by atoms with van der Waals surface area (Å²) >= 11 is 0. The first-order valence-corrected chi connectivity index (χ1v) is 10.1. The minimum atomic E-state index is -0.111. The van der Waals surface area contributed by atoms with E-state index in [2.05, 4.69) is 25.2 Å². The maximum absolute atomic E-state index is 12.8. The van der Waals surface area contributed by atoms with Crippen molar-refractivity contribution in [2.75, 3.05) is 30.4 Å². The largest absolute Gasteiger partial charge is 0.497 e. The van der Waals surface area contributed by atoms with Gasteiger partial charge in [-0.15, -0.1) is 0 Å². The molecule has 1 aliphatic heterocycles. The first-order valence-electron chi connectivity index (χ1n) is 10.1. The molecule has 1 atom stereocenters. The summed E-state index contributed by atoms with van der Waals surface area (Å²) in [6.45, 7) is 3.47. The number of rotatable bonds is 5. The Bertz CT molecular complexity index is 1020. The molecular formula is C23H25N5O2. The van der Waals surface area contributed by atoms with Gasteiger partial charge in [-0.05, 0) is 61.7 Å². The van der Waals surface area contributed by atoms with Gasteiger partial charge in [-0.2, -0.15) is 0 Å². The third-order valence-electron chi connectivity index (χ3n) is 5.32. The van der Waals surface area contributed by atoms with Crippen LogP contribution in [0, 0.1) is 12.8 Å². The van der Waals surface area contributed by atoms with Crippen LogP contribution in [0.3, 0.4) is 0 Å². The van der Waals surface area contributed by atoms with E-state index in [1.165, 1.54) is 0 Å². The SMILES string of the molecule is COc1ccc(-c2cc(N3CCCC(C(=O)Nc4cc(C)ccn4)C3)ncn2)cc1. The number of aryl methyl sites for hydroxylation is 1. The van der Waals surface area contributed by atoms with E-state index in [1.54, 1.807) is 19.6 Å². The Balaban J connectivity index is 1.47. The average molecular weight is 403 g/mol. The lowest BCUT2D eigenvalue weighted by Crippen LogP contribution is -2.41. The number of pyridine rings is 1. The summed E-state index contributed by atoms with van der Waals surface area (Å²) in [5.41, 5.74) is 2.91. The summed E-state index contributed by atoms with van der Waals surface area (Å²) in [5.74, 6) is 2.13. The van der Waals surface area contributed by atoms with Crippen LogP contribution >= 0.6 is 0 Å². The fourth-order valence-corrected chi connectivity index (χ4v) is 3.67. The van der Waals surface area contributed by atoms with Gasteiger partial charge < -0.3 is 15.0 Å². The highest BCUT2D eigenvalue weighted by Gasteiger charge is 2.27. The fourth-order valence-electron chi connectivity index (χ4n) is 3.67. The maximum atomic E-state index is 12.8. The zero-order valence-electron chi connectivity index (χ0n) is 17.2. The van der Waals surface area contributed by atoms with E-state index in [0.717, 1.165) is 47.8 Å². The van der Waals surface area contributed by atoms with Gasteiger partial charge in [-0.1, -0.05) is 0 Å². The number of piperidine rings is 1. The number of methoxy groups -OCH3 is 1. The summed E-state index contributed by atoms with van der Waals surface area (Å²) in [6, 6.07) is 13.6. The smallest absolute Gasteiger partial charge is 0.230 e.